The highest BCUT2D eigenvalue weighted by Gasteiger charge is 2.28. The van der Waals surface area contributed by atoms with Gasteiger partial charge in [-0.3, -0.25) is 9.79 Å². The molecule has 1 aliphatic rings. The van der Waals surface area contributed by atoms with E-state index >= 15 is 0 Å². The third-order valence-electron chi connectivity index (χ3n) is 5.28. The van der Waals surface area contributed by atoms with Crippen molar-refractivity contribution >= 4 is 12.1 Å². The van der Waals surface area contributed by atoms with Crippen LogP contribution in [0.15, 0.2) is 71.7 Å². The van der Waals surface area contributed by atoms with E-state index in [1.165, 1.54) is 24.0 Å². The maximum absolute atomic E-state index is 11.2. The van der Waals surface area contributed by atoms with Gasteiger partial charge < -0.3 is 10.5 Å². The molecule has 4 heteroatoms. The van der Waals surface area contributed by atoms with Crippen LogP contribution in [0.2, 0.25) is 0 Å². The highest BCUT2D eigenvalue weighted by molar-refractivity contribution is 5.76. The lowest BCUT2D eigenvalue weighted by atomic mass is 9.87. The molecule has 1 heterocycles. The number of carbonyl (C=O) groups excluding carboxylic acids is 1. The van der Waals surface area contributed by atoms with Crippen molar-refractivity contribution < 1.29 is 9.53 Å². The Bertz CT molecular complexity index is 814. The molecule has 2 aromatic rings. The molecule has 1 unspecified atom stereocenters. The maximum Gasteiger partial charge on any atom is 0.217 e. The Kier molecular flexibility index (Phi) is 7.62. The summed E-state index contributed by atoms with van der Waals surface area (Å²) in [6.45, 7) is 0.740. The SMILES string of the molecule is NC(=O)CCC1(Cc2ccc(OCCCCCc3ccccc3)cc2)C=CC=N1. The number of primary amides is 1. The molecule has 2 N–H and O–H groups in total. The summed E-state index contributed by atoms with van der Waals surface area (Å²) in [6.07, 6.45) is 12.1. The van der Waals surface area contributed by atoms with Gasteiger partial charge in [-0.15, -0.1) is 0 Å². The van der Waals surface area contributed by atoms with E-state index in [1.54, 1.807) is 6.21 Å². The number of nitrogens with zero attached hydrogens (tertiary/aromatic N) is 1. The molecular formula is C25H30N2O2. The van der Waals surface area contributed by atoms with Crippen LogP contribution in [-0.2, 0) is 17.6 Å². The molecule has 0 aromatic heterocycles. The largest absolute Gasteiger partial charge is 0.494 e. The second kappa shape index (κ2) is 10.6. The van der Waals surface area contributed by atoms with Gasteiger partial charge in [0, 0.05) is 19.1 Å². The molecule has 0 spiro atoms. The molecule has 0 saturated carbocycles. The summed E-state index contributed by atoms with van der Waals surface area (Å²) in [4.78, 5) is 15.7. The number of aliphatic imine (C=N–C) groups is 1. The van der Waals surface area contributed by atoms with Gasteiger partial charge in [0.05, 0.1) is 12.1 Å². The maximum atomic E-state index is 11.2. The molecule has 0 fully saturated rings. The Balaban J connectivity index is 1.39. The van der Waals surface area contributed by atoms with Crippen LogP contribution in [0.4, 0.5) is 0 Å². The predicted octanol–water partition coefficient (Wildman–Crippen LogP) is 4.67. The predicted molar refractivity (Wildman–Crippen MR) is 118 cm³/mol. The van der Waals surface area contributed by atoms with Crippen molar-refractivity contribution in [2.75, 3.05) is 6.61 Å². The van der Waals surface area contributed by atoms with Gasteiger partial charge in [0.25, 0.3) is 0 Å². The van der Waals surface area contributed by atoms with Gasteiger partial charge in [-0.25, -0.2) is 0 Å². The number of amides is 1. The number of aryl methyl sites for hydroxylation is 1. The topological polar surface area (TPSA) is 64.7 Å². The number of unbranched alkanes of at least 4 members (excludes halogenated alkanes) is 2. The summed E-state index contributed by atoms with van der Waals surface area (Å²) in [5, 5.41) is 0. The van der Waals surface area contributed by atoms with E-state index in [4.69, 9.17) is 10.5 Å². The molecule has 1 atom stereocenters. The molecule has 29 heavy (non-hydrogen) atoms. The van der Waals surface area contributed by atoms with Crippen molar-refractivity contribution in [3.63, 3.8) is 0 Å². The van der Waals surface area contributed by atoms with E-state index in [-0.39, 0.29) is 11.4 Å². The fraction of sp³-hybridized carbons (Fsp3) is 0.360. The van der Waals surface area contributed by atoms with E-state index in [9.17, 15) is 4.79 Å². The average molecular weight is 391 g/mol. The molecule has 3 rings (SSSR count). The zero-order chi connectivity index (χ0) is 20.4. The van der Waals surface area contributed by atoms with Crippen LogP contribution in [0.1, 0.15) is 43.2 Å². The van der Waals surface area contributed by atoms with Crippen LogP contribution in [0.25, 0.3) is 0 Å². The van der Waals surface area contributed by atoms with Crippen LogP contribution < -0.4 is 10.5 Å². The smallest absolute Gasteiger partial charge is 0.217 e. The molecule has 1 aliphatic heterocycles. The molecule has 2 aromatic carbocycles. The Hall–Kier alpha value is -2.88. The second-order valence-corrected chi connectivity index (χ2v) is 7.67. The minimum Gasteiger partial charge on any atom is -0.494 e. The van der Waals surface area contributed by atoms with E-state index in [0.717, 1.165) is 31.6 Å². The molecule has 0 aliphatic carbocycles. The first-order valence-corrected chi connectivity index (χ1v) is 10.4. The third kappa shape index (κ3) is 6.90. The van der Waals surface area contributed by atoms with Gasteiger partial charge in [-0.2, -0.15) is 0 Å². The van der Waals surface area contributed by atoms with Gasteiger partial charge in [0.1, 0.15) is 5.75 Å². The Labute approximate surface area is 173 Å². The number of rotatable bonds is 12. The lowest BCUT2D eigenvalue weighted by Crippen LogP contribution is -2.27. The average Bonchev–Trinajstić information content (AvgIpc) is 3.20. The first-order valence-electron chi connectivity index (χ1n) is 10.4. The minimum atomic E-state index is -0.351. The van der Waals surface area contributed by atoms with Crippen LogP contribution in [0.3, 0.4) is 0 Å². The number of nitrogens with two attached hydrogens (primary N) is 1. The lowest BCUT2D eigenvalue weighted by Gasteiger charge is -2.24. The van der Waals surface area contributed by atoms with Crippen molar-refractivity contribution in [1.29, 1.82) is 0 Å². The summed E-state index contributed by atoms with van der Waals surface area (Å²) in [5.41, 5.74) is 7.54. The summed E-state index contributed by atoms with van der Waals surface area (Å²) < 4.78 is 5.88. The zero-order valence-corrected chi connectivity index (χ0v) is 16.9. The monoisotopic (exact) mass is 390 g/mol. The van der Waals surface area contributed by atoms with Crippen LogP contribution in [0.5, 0.6) is 5.75 Å². The number of hydrogen-bond donors (Lipinski definition) is 1. The Morgan fingerprint density at radius 1 is 0.966 bits per heavy atom. The van der Waals surface area contributed by atoms with Crippen molar-refractivity contribution in [2.24, 2.45) is 10.7 Å². The summed E-state index contributed by atoms with van der Waals surface area (Å²) >= 11 is 0. The van der Waals surface area contributed by atoms with E-state index in [2.05, 4.69) is 53.5 Å². The standard InChI is InChI=1S/C25H30N2O2/c26-24(28)15-17-25(16-7-18-27-25)20-22-11-13-23(14-12-22)29-19-6-2-5-10-21-8-3-1-4-9-21/h1,3-4,7-9,11-14,16,18H,2,5-6,10,15,17,19-20H2,(H2,26,28). The summed E-state index contributed by atoms with van der Waals surface area (Å²) in [5.74, 6) is 0.612. The molecular weight excluding hydrogens is 360 g/mol. The van der Waals surface area contributed by atoms with Gasteiger partial charge >= 0.3 is 0 Å². The van der Waals surface area contributed by atoms with E-state index < -0.39 is 0 Å². The number of hydrogen-bond acceptors (Lipinski definition) is 3. The highest BCUT2D eigenvalue weighted by atomic mass is 16.5. The quantitative estimate of drug-likeness (QED) is 0.536. The fourth-order valence-electron chi connectivity index (χ4n) is 3.64. The van der Waals surface area contributed by atoms with Gasteiger partial charge in [0.15, 0.2) is 0 Å². The van der Waals surface area contributed by atoms with Crippen molar-refractivity contribution in [3.05, 3.63) is 77.9 Å². The normalized spacial score (nSPS) is 17.5. The number of ether oxygens (including phenoxy) is 1. The molecule has 1 amide bonds. The first-order chi connectivity index (χ1) is 14.2. The summed E-state index contributed by atoms with van der Waals surface area (Å²) in [6, 6.07) is 18.8. The highest BCUT2D eigenvalue weighted by Crippen LogP contribution is 2.28. The Morgan fingerprint density at radius 2 is 1.76 bits per heavy atom. The second-order valence-electron chi connectivity index (χ2n) is 7.67. The zero-order valence-electron chi connectivity index (χ0n) is 16.9. The van der Waals surface area contributed by atoms with Crippen LogP contribution in [-0.4, -0.2) is 24.3 Å². The molecule has 0 radical (unpaired) electrons. The van der Waals surface area contributed by atoms with Gasteiger partial charge in [-0.05, 0) is 61.4 Å². The molecule has 152 valence electrons. The molecule has 0 saturated heterocycles. The number of benzene rings is 2. The lowest BCUT2D eigenvalue weighted by molar-refractivity contribution is -0.118. The van der Waals surface area contributed by atoms with Crippen molar-refractivity contribution in [1.82, 2.24) is 0 Å². The third-order valence-corrected chi connectivity index (χ3v) is 5.28. The van der Waals surface area contributed by atoms with Crippen LogP contribution >= 0.6 is 0 Å². The number of allylic oxidation sites excluding steroid dienone is 1. The van der Waals surface area contributed by atoms with Gasteiger partial charge in [-0.1, -0.05) is 48.5 Å². The van der Waals surface area contributed by atoms with Gasteiger partial charge in [0.2, 0.25) is 5.91 Å². The van der Waals surface area contributed by atoms with Crippen LogP contribution in [0, 0.1) is 0 Å². The minimum absolute atomic E-state index is 0.285. The summed E-state index contributed by atoms with van der Waals surface area (Å²) in [7, 11) is 0. The van der Waals surface area contributed by atoms with Crippen molar-refractivity contribution in [2.45, 2.75) is 50.5 Å². The molecule has 4 nitrogen and oxygen atoms in total. The van der Waals surface area contributed by atoms with E-state index in [0.29, 0.717) is 12.8 Å². The Morgan fingerprint density at radius 3 is 2.45 bits per heavy atom. The molecule has 0 bridgehead atoms. The van der Waals surface area contributed by atoms with E-state index in [1.807, 2.05) is 18.2 Å². The first kappa shape index (κ1) is 20.8. The van der Waals surface area contributed by atoms with Crippen molar-refractivity contribution in [3.8, 4) is 5.75 Å². The number of carbonyl (C=O) groups is 1. The fourth-order valence-corrected chi connectivity index (χ4v) is 3.64.